The highest BCUT2D eigenvalue weighted by Gasteiger charge is 2.26. The molecule has 0 aliphatic rings. The van der Waals surface area contributed by atoms with Crippen LogP contribution in [0.15, 0.2) is 53.5 Å². The average Bonchev–Trinajstić information content (AvgIpc) is 2.97. The first-order valence-electron chi connectivity index (χ1n) is 14.2. The van der Waals surface area contributed by atoms with Gasteiger partial charge in [-0.2, -0.15) is 4.98 Å². The van der Waals surface area contributed by atoms with Crippen LogP contribution in [0.25, 0.3) is 11.3 Å². The number of para-hydroxylation sites is 1. The largest absolute Gasteiger partial charge is 0.354 e. The van der Waals surface area contributed by atoms with Gasteiger partial charge in [-0.05, 0) is 70.1 Å². The minimum absolute atomic E-state index is 0.00690. The minimum Gasteiger partial charge on any atom is -0.354 e. The lowest BCUT2D eigenvalue weighted by Crippen LogP contribution is -2.30. The molecule has 2 aromatic carbocycles. The zero-order valence-corrected chi connectivity index (χ0v) is 25.5. The van der Waals surface area contributed by atoms with Crippen molar-refractivity contribution in [2.75, 3.05) is 30.9 Å². The summed E-state index contributed by atoms with van der Waals surface area (Å²) in [6, 6.07) is 8.54. The Morgan fingerprint density at radius 2 is 1.86 bits per heavy atom. The quantitative estimate of drug-likeness (QED) is 0.163. The summed E-state index contributed by atoms with van der Waals surface area (Å²) in [4.78, 5) is 39.9. The van der Waals surface area contributed by atoms with Crippen LogP contribution in [0.5, 0.6) is 0 Å². The van der Waals surface area contributed by atoms with Crippen molar-refractivity contribution in [3.8, 4) is 11.3 Å². The van der Waals surface area contributed by atoms with Crippen molar-refractivity contribution in [2.45, 2.75) is 53.1 Å². The van der Waals surface area contributed by atoms with Crippen LogP contribution in [0.3, 0.4) is 0 Å². The van der Waals surface area contributed by atoms with Gasteiger partial charge >= 0.3 is 0 Å². The van der Waals surface area contributed by atoms with E-state index in [1.807, 2.05) is 39.8 Å². The van der Waals surface area contributed by atoms with E-state index in [0.717, 1.165) is 34.7 Å². The molecule has 0 unspecified atom stereocenters. The molecule has 228 valence electrons. The molecule has 0 bridgehead atoms. The van der Waals surface area contributed by atoms with Crippen LogP contribution in [0.2, 0.25) is 0 Å². The molecule has 0 radical (unpaired) electrons. The highest BCUT2D eigenvalue weighted by atomic mass is 19.1. The Morgan fingerprint density at radius 1 is 1.14 bits per heavy atom. The monoisotopic (exact) mass is 591 g/mol. The second kappa shape index (κ2) is 15.6. The van der Waals surface area contributed by atoms with Crippen LogP contribution in [-0.4, -0.2) is 54.7 Å². The fourth-order valence-electron chi connectivity index (χ4n) is 4.43. The van der Waals surface area contributed by atoms with Crippen molar-refractivity contribution in [1.29, 1.82) is 0 Å². The average molecular weight is 592 g/mol. The Kier molecular flexibility index (Phi) is 12.0. The smallest absolute Gasteiger partial charge is 0.251 e. The number of carbonyl (C=O) groups excluding carboxylic acids is 2. The van der Waals surface area contributed by atoms with E-state index in [1.54, 1.807) is 32.3 Å². The molecule has 1 heterocycles. The van der Waals surface area contributed by atoms with E-state index in [4.69, 9.17) is 4.98 Å². The molecule has 3 aromatic rings. The van der Waals surface area contributed by atoms with Gasteiger partial charge in [0.15, 0.2) is 5.82 Å². The van der Waals surface area contributed by atoms with Gasteiger partial charge in [-0.15, -0.1) is 0 Å². The minimum atomic E-state index is -0.924. The van der Waals surface area contributed by atoms with Gasteiger partial charge in [-0.3, -0.25) is 19.5 Å². The number of aromatic nitrogens is 2. The number of rotatable bonds is 14. The molecule has 0 fully saturated rings. The Morgan fingerprint density at radius 3 is 2.47 bits per heavy atom. The predicted molar refractivity (Wildman–Crippen MR) is 168 cm³/mol. The van der Waals surface area contributed by atoms with Crippen molar-refractivity contribution in [2.24, 2.45) is 4.99 Å². The number of benzene rings is 2. The highest BCUT2D eigenvalue weighted by molar-refractivity contribution is 5.97. The Labute approximate surface area is 251 Å². The first kappa shape index (κ1) is 33.0. The number of allylic oxidation sites excluding steroid dienone is 2. The molecule has 1 aromatic heterocycles. The van der Waals surface area contributed by atoms with Gasteiger partial charge in [0, 0.05) is 55.0 Å². The summed E-state index contributed by atoms with van der Waals surface area (Å²) in [7, 11) is 3.41. The number of hydrogen-bond acceptors (Lipinski definition) is 7. The molecule has 11 heteroatoms. The first-order chi connectivity index (χ1) is 20.6. The molecule has 0 atom stereocenters. The third-order valence-corrected chi connectivity index (χ3v) is 6.52. The van der Waals surface area contributed by atoms with Crippen molar-refractivity contribution < 1.29 is 18.4 Å². The summed E-state index contributed by atoms with van der Waals surface area (Å²) in [5.74, 6) is -1.97. The summed E-state index contributed by atoms with van der Waals surface area (Å²) >= 11 is 0. The lowest BCUT2D eigenvalue weighted by Gasteiger charge is -2.24. The molecular formula is C32H39F2N7O2. The van der Waals surface area contributed by atoms with Crippen molar-refractivity contribution in [3.05, 3.63) is 76.9 Å². The van der Waals surface area contributed by atoms with Crippen molar-refractivity contribution >= 4 is 35.5 Å². The van der Waals surface area contributed by atoms with Crippen LogP contribution in [0.1, 0.15) is 55.1 Å². The van der Waals surface area contributed by atoms with Gasteiger partial charge in [0.2, 0.25) is 12.4 Å². The molecule has 3 N–H and O–H groups in total. The van der Waals surface area contributed by atoms with E-state index in [0.29, 0.717) is 41.8 Å². The Hall–Kier alpha value is -4.51. The Balaban J connectivity index is 2.25. The second-order valence-electron chi connectivity index (χ2n) is 10.1. The number of nitrogens with zero attached hydrogens (tertiary/aromatic N) is 4. The van der Waals surface area contributed by atoms with E-state index in [2.05, 4.69) is 25.9 Å². The van der Waals surface area contributed by atoms with Crippen LogP contribution in [0, 0.1) is 18.6 Å². The van der Waals surface area contributed by atoms with Crippen LogP contribution in [0.4, 0.5) is 26.2 Å². The molecule has 43 heavy (non-hydrogen) atoms. The zero-order chi connectivity index (χ0) is 31.5. The van der Waals surface area contributed by atoms with E-state index >= 15 is 0 Å². The number of hydrogen-bond donors (Lipinski definition) is 3. The van der Waals surface area contributed by atoms with Gasteiger partial charge in [0.25, 0.3) is 5.91 Å². The summed E-state index contributed by atoms with van der Waals surface area (Å²) in [6.07, 6.45) is 5.71. The van der Waals surface area contributed by atoms with Crippen LogP contribution in [-0.2, 0) is 11.3 Å². The summed E-state index contributed by atoms with van der Waals surface area (Å²) in [6.45, 7) is 8.20. The number of nitrogens with one attached hydrogen (secondary N) is 3. The van der Waals surface area contributed by atoms with Crippen LogP contribution < -0.4 is 20.9 Å². The first-order valence-corrected chi connectivity index (χ1v) is 14.2. The molecule has 0 aliphatic heterocycles. The Bertz CT molecular complexity index is 1490. The molecule has 3 rings (SSSR count). The van der Waals surface area contributed by atoms with Crippen molar-refractivity contribution in [3.63, 3.8) is 0 Å². The maximum absolute atomic E-state index is 15.0. The molecule has 9 nitrogen and oxygen atoms in total. The lowest BCUT2D eigenvalue weighted by molar-refractivity contribution is -0.106. The molecule has 0 spiro atoms. The van der Waals surface area contributed by atoms with Gasteiger partial charge in [0.1, 0.15) is 17.3 Å². The maximum atomic E-state index is 15.0. The molecule has 0 aliphatic carbocycles. The van der Waals surface area contributed by atoms with E-state index in [1.165, 1.54) is 6.07 Å². The van der Waals surface area contributed by atoms with E-state index < -0.39 is 17.3 Å². The topological polar surface area (TPSA) is 112 Å². The number of aliphatic imine (C=N–C) groups is 1. The van der Waals surface area contributed by atoms with E-state index in [9.17, 15) is 18.4 Å². The van der Waals surface area contributed by atoms with Crippen molar-refractivity contribution in [1.82, 2.24) is 20.6 Å². The normalized spacial score (nSPS) is 11.7. The third kappa shape index (κ3) is 8.29. The third-order valence-electron chi connectivity index (χ3n) is 6.52. The molecule has 0 saturated carbocycles. The maximum Gasteiger partial charge on any atom is 0.251 e. The summed E-state index contributed by atoms with van der Waals surface area (Å²) in [5.41, 5.74) is 2.94. The summed E-state index contributed by atoms with van der Waals surface area (Å²) < 4.78 is 30.0. The predicted octanol–water partition coefficient (Wildman–Crippen LogP) is 5.72. The fraction of sp³-hybridized carbons (Fsp3) is 0.344. The fourth-order valence-corrected chi connectivity index (χ4v) is 4.43. The number of carbonyl (C=O) groups is 2. The van der Waals surface area contributed by atoms with Gasteiger partial charge in [-0.1, -0.05) is 25.1 Å². The number of halogens is 2. The number of anilines is 3. The van der Waals surface area contributed by atoms with Crippen LogP contribution >= 0.6 is 0 Å². The highest BCUT2D eigenvalue weighted by Crippen LogP contribution is 2.36. The van der Waals surface area contributed by atoms with Gasteiger partial charge < -0.3 is 16.0 Å². The second-order valence-corrected chi connectivity index (χ2v) is 10.1. The molecule has 0 saturated heterocycles. The van der Waals surface area contributed by atoms with Gasteiger partial charge in [0.05, 0.1) is 5.69 Å². The lowest BCUT2D eigenvalue weighted by atomic mass is 9.98. The standard InChI is InChI=1S/C32H39F2N7O2/c1-7-8-10-23(36-6)15-16-37-32-39-28(24-17-22(14-13-21(24)4)31(43)38-20(2)3)25(18-35-5)30(40-32)41(19-42)29-26(33)11-9-12-27(29)34/h8-14,17,19-20,35H,7,15-16,18H2,1-6H3,(H,38,43)(H,37,39,40)/b10-8-,36-23?. The number of aryl methyl sites for hydroxylation is 1. The molecular weight excluding hydrogens is 552 g/mol. The summed E-state index contributed by atoms with van der Waals surface area (Å²) in [5, 5.41) is 9.12. The zero-order valence-electron chi connectivity index (χ0n) is 25.5. The SMILES string of the molecule is CC/C=C\C(CCNc1nc(-c2cc(C(=O)NC(C)C)ccc2C)c(CNC)c(N(C=O)c2c(F)cccc2F)n1)=NC. The molecule has 2 amide bonds. The van der Waals surface area contributed by atoms with E-state index in [-0.39, 0.29) is 30.3 Å². The van der Waals surface area contributed by atoms with Gasteiger partial charge in [-0.25, -0.2) is 13.8 Å². The number of amides is 2.